The predicted molar refractivity (Wildman–Crippen MR) is 82.4 cm³/mol. The van der Waals surface area contributed by atoms with Crippen LogP contribution in [-0.2, 0) is 4.79 Å². The molecule has 1 aromatic carbocycles. The van der Waals surface area contributed by atoms with Gasteiger partial charge in [0.25, 0.3) is 0 Å². The summed E-state index contributed by atoms with van der Waals surface area (Å²) in [7, 11) is 0. The van der Waals surface area contributed by atoms with Crippen molar-refractivity contribution in [3.8, 4) is 5.75 Å². The largest absolute Gasteiger partial charge is 0.493 e. The highest BCUT2D eigenvalue weighted by Gasteiger charge is 2.25. The number of amides is 1. The first kappa shape index (κ1) is 15.8. The van der Waals surface area contributed by atoms with Crippen LogP contribution in [0.5, 0.6) is 5.75 Å². The van der Waals surface area contributed by atoms with Crippen LogP contribution in [0.2, 0.25) is 0 Å². The van der Waals surface area contributed by atoms with Gasteiger partial charge in [-0.05, 0) is 55.9 Å². The molecule has 1 unspecified atom stereocenters. The fourth-order valence-corrected chi connectivity index (χ4v) is 2.91. The van der Waals surface area contributed by atoms with Crippen LogP contribution in [0.25, 0.3) is 0 Å². The number of benzene rings is 1. The van der Waals surface area contributed by atoms with Gasteiger partial charge in [-0.25, -0.2) is 0 Å². The van der Waals surface area contributed by atoms with E-state index in [9.17, 15) is 4.79 Å². The highest BCUT2D eigenvalue weighted by molar-refractivity contribution is 5.76. The van der Waals surface area contributed by atoms with Crippen LogP contribution in [0, 0.1) is 19.8 Å². The van der Waals surface area contributed by atoms with Crippen LogP contribution in [0.4, 0.5) is 0 Å². The Balaban J connectivity index is 1.74. The summed E-state index contributed by atoms with van der Waals surface area (Å²) in [5.74, 6) is 1.44. The smallest absolute Gasteiger partial charge is 0.226 e. The van der Waals surface area contributed by atoms with E-state index in [1.54, 1.807) is 0 Å². The van der Waals surface area contributed by atoms with Crippen molar-refractivity contribution < 1.29 is 14.6 Å². The van der Waals surface area contributed by atoms with Crippen molar-refractivity contribution in [3.63, 3.8) is 0 Å². The molecule has 1 saturated heterocycles. The van der Waals surface area contributed by atoms with Crippen molar-refractivity contribution in [1.82, 2.24) is 4.90 Å². The number of likely N-dealkylation sites (tertiary alicyclic amines) is 1. The molecule has 0 radical (unpaired) electrons. The van der Waals surface area contributed by atoms with Gasteiger partial charge in [0.1, 0.15) is 5.75 Å². The molecule has 116 valence electrons. The Kier molecular flexibility index (Phi) is 5.62. The third kappa shape index (κ3) is 4.74. The molecule has 1 atom stereocenters. The Morgan fingerprint density at radius 1 is 1.33 bits per heavy atom. The lowest BCUT2D eigenvalue weighted by Crippen LogP contribution is -2.29. The van der Waals surface area contributed by atoms with Gasteiger partial charge in [-0.3, -0.25) is 4.79 Å². The first-order valence-corrected chi connectivity index (χ1v) is 7.68. The van der Waals surface area contributed by atoms with E-state index < -0.39 is 0 Å². The van der Waals surface area contributed by atoms with Gasteiger partial charge in [0.05, 0.1) is 13.0 Å². The Morgan fingerprint density at radius 3 is 2.71 bits per heavy atom. The molecule has 1 aliphatic rings. The van der Waals surface area contributed by atoms with Gasteiger partial charge >= 0.3 is 0 Å². The zero-order valence-corrected chi connectivity index (χ0v) is 13.0. The molecule has 2 rings (SSSR count). The second-order valence-corrected chi connectivity index (χ2v) is 5.93. The molecule has 1 aliphatic heterocycles. The number of carbonyl (C=O) groups is 1. The molecular formula is C17H25NO3. The summed E-state index contributed by atoms with van der Waals surface area (Å²) < 4.78 is 5.68. The number of nitrogens with zero attached hydrogens (tertiary/aromatic N) is 1. The topological polar surface area (TPSA) is 49.8 Å². The Morgan fingerprint density at radius 2 is 2.05 bits per heavy atom. The predicted octanol–water partition coefficient (Wildman–Crippen LogP) is 2.30. The minimum absolute atomic E-state index is 0.153. The lowest BCUT2D eigenvalue weighted by atomic mass is 10.1. The van der Waals surface area contributed by atoms with E-state index in [1.165, 1.54) is 11.1 Å². The van der Waals surface area contributed by atoms with Crippen molar-refractivity contribution >= 4 is 5.91 Å². The molecule has 0 spiro atoms. The molecule has 0 aromatic heterocycles. The van der Waals surface area contributed by atoms with Gasteiger partial charge < -0.3 is 14.7 Å². The third-order valence-electron chi connectivity index (χ3n) is 3.96. The molecule has 1 amide bonds. The second kappa shape index (κ2) is 7.46. The van der Waals surface area contributed by atoms with Crippen LogP contribution in [-0.4, -0.2) is 42.2 Å². The summed E-state index contributed by atoms with van der Waals surface area (Å²) in [6, 6.07) is 6.08. The number of ether oxygens (including phenoxy) is 1. The summed E-state index contributed by atoms with van der Waals surface area (Å²) in [5.41, 5.74) is 2.34. The minimum Gasteiger partial charge on any atom is -0.493 e. The normalized spacial score (nSPS) is 18.0. The van der Waals surface area contributed by atoms with Gasteiger partial charge in [-0.2, -0.15) is 0 Å². The molecular weight excluding hydrogens is 266 g/mol. The maximum atomic E-state index is 12.1. The zero-order chi connectivity index (χ0) is 15.2. The number of rotatable bonds is 6. The van der Waals surface area contributed by atoms with Gasteiger partial charge in [0, 0.05) is 19.7 Å². The van der Waals surface area contributed by atoms with E-state index in [-0.39, 0.29) is 12.5 Å². The summed E-state index contributed by atoms with van der Waals surface area (Å²) >= 11 is 0. The van der Waals surface area contributed by atoms with E-state index in [2.05, 4.69) is 6.07 Å². The Bertz CT molecular complexity index is 467. The van der Waals surface area contributed by atoms with E-state index >= 15 is 0 Å². The van der Waals surface area contributed by atoms with E-state index in [1.807, 2.05) is 30.9 Å². The first-order chi connectivity index (χ1) is 10.1. The van der Waals surface area contributed by atoms with Crippen molar-refractivity contribution in [1.29, 1.82) is 0 Å². The van der Waals surface area contributed by atoms with Gasteiger partial charge in [-0.1, -0.05) is 6.07 Å². The molecule has 0 aliphatic carbocycles. The molecule has 0 bridgehead atoms. The monoisotopic (exact) mass is 291 g/mol. The average molecular weight is 291 g/mol. The van der Waals surface area contributed by atoms with Crippen molar-refractivity contribution in [2.45, 2.75) is 33.1 Å². The maximum Gasteiger partial charge on any atom is 0.226 e. The summed E-state index contributed by atoms with van der Waals surface area (Å²) in [6.07, 6.45) is 2.21. The van der Waals surface area contributed by atoms with Gasteiger partial charge in [0.2, 0.25) is 5.91 Å². The summed E-state index contributed by atoms with van der Waals surface area (Å²) in [6.45, 7) is 6.30. The fraction of sp³-hybridized carbons (Fsp3) is 0.588. The standard InChI is InChI=1S/C17H25NO3/c1-13-9-14(2)11-16(10-13)21-8-5-17(20)18-6-3-15(12-18)4-7-19/h9-11,15,19H,3-8,12H2,1-2H3. The zero-order valence-electron chi connectivity index (χ0n) is 13.0. The number of aliphatic hydroxyl groups excluding tert-OH is 1. The second-order valence-electron chi connectivity index (χ2n) is 5.93. The van der Waals surface area contributed by atoms with Crippen LogP contribution in [0.3, 0.4) is 0 Å². The van der Waals surface area contributed by atoms with Gasteiger partial charge in [-0.15, -0.1) is 0 Å². The number of aryl methyl sites for hydroxylation is 2. The van der Waals surface area contributed by atoms with Crippen LogP contribution >= 0.6 is 0 Å². The van der Waals surface area contributed by atoms with Crippen molar-refractivity contribution in [2.24, 2.45) is 5.92 Å². The van der Waals surface area contributed by atoms with E-state index in [4.69, 9.17) is 9.84 Å². The molecule has 1 fully saturated rings. The quantitative estimate of drug-likeness (QED) is 0.875. The lowest BCUT2D eigenvalue weighted by molar-refractivity contribution is -0.130. The number of hydrogen-bond acceptors (Lipinski definition) is 3. The summed E-state index contributed by atoms with van der Waals surface area (Å²) in [4.78, 5) is 14.0. The molecule has 0 saturated carbocycles. The van der Waals surface area contributed by atoms with E-state index in [0.29, 0.717) is 18.9 Å². The minimum atomic E-state index is 0.153. The third-order valence-corrected chi connectivity index (χ3v) is 3.96. The van der Waals surface area contributed by atoms with Crippen LogP contribution < -0.4 is 4.74 Å². The molecule has 1 aromatic rings. The van der Waals surface area contributed by atoms with E-state index in [0.717, 1.165) is 31.7 Å². The first-order valence-electron chi connectivity index (χ1n) is 7.68. The maximum absolute atomic E-state index is 12.1. The molecule has 4 heteroatoms. The lowest BCUT2D eigenvalue weighted by Gasteiger charge is -2.16. The molecule has 21 heavy (non-hydrogen) atoms. The summed E-state index contributed by atoms with van der Waals surface area (Å²) in [5, 5.41) is 8.94. The number of hydrogen-bond donors (Lipinski definition) is 1. The fourth-order valence-electron chi connectivity index (χ4n) is 2.91. The highest BCUT2D eigenvalue weighted by atomic mass is 16.5. The van der Waals surface area contributed by atoms with Crippen LogP contribution in [0.1, 0.15) is 30.4 Å². The van der Waals surface area contributed by atoms with Crippen molar-refractivity contribution in [3.05, 3.63) is 29.3 Å². The Hall–Kier alpha value is -1.55. The number of carbonyl (C=O) groups excluding carboxylic acids is 1. The van der Waals surface area contributed by atoms with Crippen molar-refractivity contribution in [2.75, 3.05) is 26.3 Å². The molecule has 4 nitrogen and oxygen atoms in total. The van der Waals surface area contributed by atoms with Crippen LogP contribution in [0.15, 0.2) is 18.2 Å². The highest BCUT2D eigenvalue weighted by Crippen LogP contribution is 2.20. The average Bonchev–Trinajstić information content (AvgIpc) is 2.86. The Labute approximate surface area is 126 Å². The van der Waals surface area contributed by atoms with Gasteiger partial charge in [0.15, 0.2) is 0 Å². The molecule has 1 heterocycles. The molecule has 1 N–H and O–H groups in total. The number of aliphatic hydroxyl groups is 1. The SMILES string of the molecule is Cc1cc(C)cc(OCCC(=O)N2CCC(CCO)C2)c1.